The van der Waals surface area contributed by atoms with E-state index in [2.05, 4.69) is 4.98 Å². The Morgan fingerprint density at radius 2 is 2.07 bits per heavy atom. The lowest BCUT2D eigenvalue weighted by atomic mass is 9.96. The average Bonchev–Trinajstić information content (AvgIpc) is 2.72. The number of halogens is 1. The number of hydrogen-bond acceptors (Lipinski definition) is 4. The van der Waals surface area contributed by atoms with E-state index in [0.717, 1.165) is 24.1 Å². The number of carbonyl (C=O) groups excluding carboxylic acids is 1. The number of para-hydroxylation sites is 1. The topological polar surface area (TPSA) is 55.2 Å². The Hall–Kier alpha value is -2.67. The summed E-state index contributed by atoms with van der Waals surface area (Å²) in [7, 11) is 0. The molecule has 0 aliphatic carbocycles. The maximum Gasteiger partial charge on any atom is 0.262 e. The molecule has 0 saturated heterocycles. The summed E-state index contributed by atoms with van der Waals surface area (Å²) in [6, 6.07) is 11.9. The second-order valence-electron chi connectivity index (χ2n) is 7.17. The first kappa shape index (κ1) is 19.6. The quantitative estimate of drug-likeness (QED) is 0.481. The van der Waals surface area contributed by atoms with Crippen molar-refractivity contribution in [2.75, 3.05) is 10.7 Å². The van der Waals surface area contributed by atoms with E-state index in [0.29, 0.717) is 22.6 Å². The molecule has 0 radical (unpaired) electrons. The van der Waals surface area contributed by atoms with Gasteiger partial charge in [-0.25, -0.2) is 9.37 Å². The molecule has 0 N–H and O–H groups in total. The van der Waals surface area contributed by atoms with Crippen LogP contribution < -0.4 is 10.5 Å². The van der Waals surface area contributed by atoms with Gasteiger partial charge in [-0.3, -0.25) is 14.2 Å². The van der Waals surface area contributed by atoms with E-state index in [1.54, 1.807) is 27.7 Å². The predicted octanol–water partition coefficient (Wildman–Crippen LogP) is 4.02. The molecule has 0 saturated carbocycles. The van der Waals surface area contributed by atoms with Gasteiger partial charge in [0, 0.05) is 18.3 Å². The van der Waals surface area contributed by atoms with Crippen molar-refractivity contribution in [1.82, 2.24) is 9.55 Å². The molecule has 1 amide bonds. The molecule has 0 fully saturated rings. The number of anilines is 1. The summed E-state index contributed by atoms with van der Waals surface area (Å²) >= 11 is 1.27. The van der Waals surface area contributed by atoms with Crippen LogP contribution in [0.1, 0.15) is 25.8 Å². The Morgan fingerprint density at radius 1 is 1.28 bits per heavy atom. The highest BCUT2D eigenvalue weighted by molar-refractivity contribution is 7.99. The third kappa shape index (κ3) is 3.67. The number of benzene rings is 2. The van der Waals surface area contributed by atoms with Crippen LogP contribution in [0.15, 0.2) is 52.4 Å². The van der Waals surface area contributed by atoms with Crippen molar-refractivity contribution in [3.8, 4) is 0 Å². The van der Waals surface area contributed by atoms with Gasteiger partial charge in [-0.15, -0.1) is 0 Å². The number of aromatic nitrogens is 2. The van der Waals surface area contributed by atoms with Crippen molar-refractivity contribution in [2.45, 2.75) is 44.4 Å². The first-order valence-corrected chi connectivity index (χ1v) is 10.7. The van der Waals surface area contributed by atoms with Crippen LogP contribution in [-0.4, -0.2) is 27.3 Å². The predicted molar refractivity (Wildman–Crippen MR) is 114 cm³/mol. The minimum Gasteiger partial charge on any atom is -0.309 e. The zero-order chi connectivity index (χ0) is 20.5. The highest BCUT2D eigenvalue weighted by Gasteiger charge is 2.28. The van der Waals surface area contributed by atoms with Gasteiger partial charge in [0.25, 0.3) is 5.56 Å². The molecule has 2 heterocycles. The van der Waals surface area contributed by atoms with E-state index in [-0.39, 0.29) is 29.1 Å². The zero-order valence-electron chi connectivity index (χ0n) is 16.4. The first-order chi connectivity index (χ1) is 14.0. The van der Waals surface area contributed by atoms with Gasteiger partial charge in [-0.2, -0.15) is 0 Å². The summed E-state index contributed by atoms with van der Waals surface area (Å²) in [5.74, 6) is -0.195. The maximum atomic E-state index is 13.6. The molecule has 150 valence electrons. The Bertz CT molecular complexity index is 1140. The molecule has 0 bridgehead atoms. The number of amides is 1. The molecule has 2 aromatic carbocycles. The van der Waals surface area contributed by atoms with Gasteiger partial charge in [0.05, 0.1) is 16.7 Å². The summed E-state index contributed by atoms with van der Waals surface area (Å²) in [5, 5.41) is 1.11. The largest absolute Gasteiger partial charge is 0.309 e. The SMILES string of the molecule is CCn1c(SCC(=O)N2c3ccc(F)cc3CC[C@@H]2C)nc2ccccc2c1=O. The number of thioether (sulfide) groups is 1. The van der Waals surface area contributed by atoms with Gasteiger partial charge in [-0.1, -0.05) is 23.9 Å². The van der Waals surface area contributed by atoms with Crippen molar-refractivity contribution >= 4 is 34.3 Å². The van der Waals surface area contributed by atoms with Crippen LogP contribution in [0.25, 0.3) is 10.9 Å². The van der Waals surface area contributed by atoms with Crippen LogP contribution in [0.5, 0.6) is 0 Å². The average molecular weight is 412 g/mol. The molecule has 1 atom stereocenters. The van der Waals surface area contributed by atoms with Gasteiger partial charge < -0.3 is 4.90 Å². The number of nitrogens with zero attached hydrogens (tertiary/aromatic N) is 3. The second kappa shape index (κ2) is 7.99. The Morgan fingerprint density at radius 3 is 2.86 bits per heavy atom. The number of hydrogen-bond donors (Lipinski definition) is 0. The first-order valence-electron chi connectivity index (χ1n) is 9.72. The highest BCUT2D eigenvalue weighted by Crippen LogP contribution is 2.32. The Kier molecular flexibility index (Phi) is 5.41. The van der Waals surface area contributed by atoms with Gasteiger partial charge >= 0.3 is 0 Å². The van der Waals surface area contributed by atoms with Gasteiger partial charge in [0.15, 0.2) is 5.16 Å². The number of fused-ring (bicyclic) bond motifs is 2. The van der Waals surface area contributed by atoms with Crippen LogP contribution >= 0.6 is 11.8 Å². The maximum absolute atomic E-state index is 13.6. The number of aryl methyl sites for hydroxylation is 1. The molecule has 7 heteroatoms. The van der Waals surface area contributed by atoms with Crippen molar-refractivity contribution in [1.29, 1.82) is 0 Å². The number of rotatable bonds is 4. The molecule has 29 heavy (non-hydrogen) atoms. The van der Waals surface area contributed by atoms with Crippen LogP contribution in [-0.2, 0) is 17.8 Å². The lowest BCUT2D eigenvalue weighted by molar-refractivity contribution is -0.116. The third-order valence-corrected chi connectivity index (χ3v) is 6.27. The molecule has 0 unspecified atom stereocenters. The minimum atomic E-state index is -0.285. The molecule has 5 nitrogen and oxygen atoms in total. The second-order valence-corrected chi connectivity index (χ2v) is 8.12. The molecule has 0 spiro atoms. The molecular weight excluding hydrogens is 389 g/mol. The summed E-state index contributed by atoms with van der Waals surface area (Å²) in [4.78, 5) is 32.2. The highest BCUT2D eigenvalue weighted by atomic mass is 32.2. The standard InChI is InChI=1S/C22H22FN3O2S/c1-3-25-21(28)17-6-4-5-7-18(17)24-22(25)29-13-20(27)26-14(2)8-9-15-12-16(23)10-11-19(15)26/h4-7,10-12,14H,3,8-9,13H2,1-2H3/t14-/m0/s1. The monoisotopic (exact) mass is 411 g/mol. The van der Waals surface area contributed by atoms with Gasteiger partial charge in [0.1, 0.15) is 5.82 Å². The van der Waals surface area contributed by atoms with E-state index in [1.807, 2.05) is 26.0 Å². The lowest BCUT2D eigenvalue weighted by Crippen LogP contribution is -2.43. The van der Waals surface area contributed by atoms with Crippen LogP contribution in [0.4, 0.5) is 10.1 Å². The zero-order valence-corrected chi connectivity index (χ0v) is 17.2. The molecule has 1 aromatic heterocycles. The smallest absolute Gasteiger partial charge is 0.262 e. The van der Waals surface area contributed by atoms with E-state index in [4.69, 9.17) is 0 Å². The van der Waals surface area contributed by atoms with Crippen LogP contribution in [0.2, 0.25) is 0 Å². The van der Waals surface area contributed by atoms with Crippen LogP contribution in [0.3, 0.4) is 0 Å². The molecule has 4 rings (SSSR count). The summed E-state index contributed by atoms with van der Waals surface area (Å²) in [5.41, 5.74) is 2.16. The minimum absolute atomic E-state index is 0.0407. The molecule has 1 aliphatic rings. The third-order valence-electron chi connectivity index (χ3n) is 5.31. The van der Waals surface area contributed by atoms with Crippen molar-refractivity contribution in [3.63, 3.8) is 0 Å². The lowest BCUT2D eigenvalue weighted by Gasteiger charge is -2.35. The van der Waals surface area contributed by atoms with Gasteiger partial charge in [-0.05, 0) is 62.6 Å². The molecule has 3 aromatic rings. The molecule has 1 aliphatic heterocycles. The summed E-state index contributed by atoms with van der Waals surface area (Å²) < 4.78 is 15.2. The number of carbonyl (C=O) groups is 1. The van der Waals surface area contributed by atoms with E-state index in [9.17, 15) is 14.0 Å². The Labute approximate surface area is 172 Å². The fourth-order valence-corrected chi connectivity index (χ4v) is 4.76. The fourth-order valence-electron chi connectivity index (χ4n) is 3.83. The molecular formula is C22H22FN3O2S. The van der Waals surface area contributed by atoms with Crippen LogP contribution in [0, 0.1) is 5.82 Å². The van der Waals surface area contributed by atoms with E-state index in [1.165, 1.54) is 23.9 Å². The van der Waals surface area contributed by atoms with E-state index >= 15 is 0 Å². The summed E-state index contributed by atoms with van der Waals surface area (Å²) in [6.07, 6.45) is 1.55. The van der Waals surface area contributed by atoms with Gasteiger partial charge in [0.2, 0.25) is 5.91 Å². The summed E-state index contributed by atoms with van der Waals surface area (Å²) in [6.45, 7) is 4.38. The fraction of sp³-hybridized carbons (Fsp3) is 0.318. The van der Waals surface area contributed by atoms with Crippen molar-refractivity contribution in [2.24, 2.45) is 0 Å². The van der Waals surface area contributed by atoms with Crippen molar-refractivity contribution < 1.29 is 9.18 Å². The Balaban J connectivity index is 1.62. The van der Waals surface area contributed by atoms with E-state index < -0.39 is 0 Å². The van der Waals surface area contributed by atoms with Crippen molar-refractivity contribution in [3.05, 3.63) is 64.2 Å². The normalized spacial score (nSPS) is 16.1.